The lowest BCUT2D eigenvalue weighted by molar-refractivity contribution is 0.00750. The van der Waals surface area contributed by atoms with Crippen LogP contribution in [0.15, 0.2) is 4.52 Å². The van der Waals surface area contributed by atoms with Gasteiger partial charge in [0.05, 0.1) is 6.04 Å². The van der Waals surface area contributed by atoms with Crippen LogP contribution in [0.4, 0.5) is 8.78 Å². The van der Waals surface area contributed by atoms with E-state index in [1.54, 1.807) is 0 Å². The van der Waals surface area contributed by atoms with Crippen LogP contribution in [0, 0.1) is 5.92 Å². The highest BCUT2D eigenvalue weighted by molar-refractivity contribution is 5.03. The topological polar surface area (TPSA) is 64.9 Å². The molecule has 0 bridgehead atoms. The number of alkyl halides is 2. The van der Waals surface area contributed by atoms with E-state index in [4.69, 9.17) is 10.3 Å². The van der Waals surface area contributed by atoms with Gasteiger partial charge in [0.25, 0.3) is 0 Å². The third-order valence-electron chi connectivity index (χ3n) is 3.23. The lowest BCUT2D eigenvalue weighted by Crippen LogP contribution is -2.17. The number of halogens is 2. The molecule has 96 valence electrons. The van der Waals surface area contributed by atoms with Gasteiger partial charge in [-0.25, -0.2) is 8.78 Å². The molecule has 0 aliphatic heterocycles. The molecule has 17 heavy (non-hydrogen) atoms. The monoisotopic (exact) mass is 245 g/mol. The molecule has 1 aromatic heterocycles. The minimum Gasteiger partial charge on any atom is -0.338 e. The van der Waals surface area contributed by atoms with Crippen molar-refractivity contribution in [3.8, 4) is 0 Å². The zero-order valence-electron chi connectivity index (χ0n) is 9.99. The first-order valence-corrected chi connectivity index (χ1v) is 5.86. The average Bonchev–Trinajstić information content (AvgIpc) is 2.82. The number of nitrogens with two attached hydrogens (primary N) is 1. The van der Waals surface area contributed by atoms with Crippen molar-refractivity contribution in [1.29, 1.82) is 0 Å². The van der Waals surface area contributed by atoms with Crippen molar-refractivity contribution in [3.63, 3.8) is 0 Å². The van der Waals surface area contributed by atoms with Crippen LogP contribution in [-0.2, 0) is 0 Å². The summed E-state index contributed by atoms with van der Waals surface area (Å²) in [4.78, 5) is 4.14. The summed E-state index contributed by atoms with van der Waals surface area (Å²) >= 11 is 0. The van der Waals surface area contributed by atoms with E-state index in [2.05, 4.69) is 10.1 Å². The fourth-order valence-corrected chi connectivity index (χ4v) is 2.00. The molecular weight excluding hydrogens is 228 g/mol. The van der Waals surface area contributed by atoms with E-state index in [0.717, 1.165) is 0 Å². The first-order chi connectivity index (χ1) is 7.89. The zero-order valence-corrected chi connectivity index (χ0v) is 9.99. The van der Waals surface area contributed by atoms with Gasteiger partial charge in [-0.05, 0) is 12.3 Å². The number of hydrogen-bond donors (Lipinski definition) is 1. The number of aromatic nitrogens is 2. The SMILES string of the molecule is CC(C)C(N)c1nc(C2CCC(F)(F)C2)no1. The van der Waals surface area contributed by atoms with E-state index in [-0.39, 0.29) is 30.7 Å². The molecule has 1 aromatic rings. The molecule has 1 aliphatic carbocycles. The Morgan fingerprint density at radius 3 is 2.71 bits per heavy atom. The van der Waals surface area contributed by atoms with Crippen LogP contribution in [0.25, 0.3) is 0 Å². The normalized spacial score (nSPS) is 25.4. The third-order valence-corrected chi connectivity index (χ3v) is 3.23. The second-order valence-corrected chi connectivity index (χ2v) is 5.06. The van der Waals surface area contributed by atoms with Crippen LogP contribution < -0.4 is 5.73 Å². The van der Waals surface area contributed by atoms with Crippen LogP contribution in [0.3, 0.4) is 0 Å². The van der Waals surface area contributed by atoms with E-state index >= 15 is 0 Å². The van der Waals surface area contributed by atoms with Crippen LogP contribution >= 0.6 is 0 Å². The van der Waals surface area contributed by atoms with Crippen molar-refractivity contribution in [3.05, 3.63) is 11.7 Å². The molecule has 1 aliphatic rings. The Hall–Kier alpha value is -1.04. The first kappa shape index (κ1) is 12.4. The highest BCUT2D eigenvalue weighted by Crippen LogP contribution is 2.43. The summed E-state index contributed by atoms with van der Waals surface area (Å²) in [5, 5.41) is 3.77. The van der Waals surface area contributed by atoms with Gasteiger partial charge in [-0.15, -0.1) is 0 Å². The molecule has 4 nitrogen and oxygen atoms in total. The highest BCUT2D eigenvalue weighted by atomic mass is 19.3. The Balaban J connectivity index is 2.09. The summed E-state index contributed by atoms with van der Waals surface area (Å²) in [5.41, 5.74) is 5.86. The molecule has 1 saturated carbocycles. The van der Waals surface area contributed by atoms with Gasteiger partial charge in [0, 0.05) is 18.8 Å². The van der Waals surface area contributed by atoms with Crippen LogP contribution in [-0.4, -0.2) is 16.1 Å². The van der Waals surface area contributed by atoms with E-state index in [0.29, 0.717) is 18.1 Å². The third kappa shape index (κ3) is 2.62. The molecule has 0 aromatic carbocycles. The Morgan fingerprint density at radius 1 is 1.47 bits per heavy atom. The molecule has 2 N–H and O–H groups in total. The summed E-state index contributed by atoms with van der Waals surface area (Å²) in [6.45, 7) is 3.89. The van der Waals surface area contributed by atoms with Crippen molar-refractivity contribution in [2.75, 3.05) is 0 Å². The lowest BCUT2D eigenvalue weighted by Gasteiger charge is -2.09. The minimum absolute atomic E-state index is 0.0994. The van der Waals surface area contributed by atoms with Crippen molar-refractivity contribution < 1.29 is 13.3 Å². The van der Waals surface area contributed by atoms with E-state index < -0.39 is 5.92 Å². The molecule has 1 heterocycles. The van der Waals surface area contributed by atoms with Gasteiger partial charge in [0.15, 0.2) is 5.82 Å². The second kappa shape index (κ2) is 4.33. The summed E-state index contributed by atoms with van der Waals surface area (Å²) < 4.78 is 31.2. The first-order valence-electron chi connectivity index (χ1n) is 5.86. The van der Waals surface area contributed by atoms with Gasteiger partial charge in [-0.2, -0.15) is 4.98 Å². The molecule has 1 fully saturated rings. The van der Waals surface area contributed by atoms with E-state index in [1.165, 1.54) is 0 Å². The summed E-state index contributed by atoms with van der Waals surface area (Å²) in [5.74, 6) is -2.01. The zero-order chi connectivity index (χ0) is 12.6. The fraction of sp³-hybridized carbons (Fsp3) is 0.818. The maximum Gasteiger partial charge on any atom is 0.248 e. The summed E-state index contributed by atoms with van der Waals surface area (Å²) in [6.07, 6.45) is 0.115. The molecule has 0 radical (unpaired) electrons. The summed E-state index contributed by atoms with van der Waals surface area (Å²) in [6, 6.07) is -0.335. The second-order valence-electron chi connectivity index (χ2n) is 5.06. The molecule has 0 amide bonds. The van der Waals surface area contributed by atoms with Gasteiger partial charge in [-0.1, -0.05) is 19.0 Å². The quantitative estimate of drug-likeness (QED) is 0.889. The predicted molar refractivity (Wildman–Crippen MR) is 57.6 cm³/mol. The predicted octanol–water partition coefficient (Wildman–Crippen LogP) is 2.63. The lowest BCUT2D eigenvalue weighted by atomic mass is 10.1. The van der Waals surface area contributed by atoms with E-state index in [1.807, 2.05) is 13.8 Å². The molecule has 0 spiro atoms. The Kier molecular flexibility index (Phi) is 3.16. The van der Waals surface area contributed by atoms with Gasteiger partial charge in [-0.3, -0.25) is 0 Å². The molecule has 2 atom stereocenters. The Morgan fingerprint density at radius 2 is 2.18 bits per heavy atom. The smallest absolute Gasteiger partial charge is 0.248 e. The van der Waals surface area contributed by atoms with E-state index in [9.17, 15) is 8.78 Å². The van der Waals surface area contributed by atoms with Gasteiger partial charge >= 0.3 is 0 Å². The largest absolute Gasteiger partial charge is 0.338 e. The van der Waals surface area contributed by atoms with Crippen LogP contribution in [0.2, 0.25) is 0 Å². The minimum atomic E-state index is -2.59. The molecule has 0 saturated heterocycles. The maximum atomic E-state index is 13.1. The Labute approximate surface area is 98.6 Å². The highest BCUT2D eigenvalue weighted by Gasteiger charge is 2.42. The molecule has 6 heteroatoms. The van der Waals surface area contributed by atoms with Gasteiger partial charge < -0.3 is 10.3 Å². The van der Waals surface area contributed by atoms with Crippen LogP contribution in [0.1, 0.15) is 56.8 Å². The standard InChI is InChI=1S/C11H17F2N3O/c1-6(2)8(14)10-15-9(16-17-10)7-3-4-11(12,13)5-7/h6-8H,3-5,14H2,1-2H3. The van der Waals surface area contributed by atoms with Gasteiger partial charge in [0.1, 0.15) is 0 Å². The number of nitrogens with zero attached hydrogens (tertiary/aromatic N) is 2. The molecular formula is C11H17F2N3O. The molecule has 2 unspecified atom stereocenters. The maximum absolute atomic E-state index is 13.1. The fourth-order valence-electron chi connectivity index (χ4n) is 2.00. The Bertz CT molecular complexity index is 392. The molecule has 2 rings (SSSR count). The summed E-state index contributed by atoms with van der Waals surface area (Å²) in [7, 11) is 0. The average molecular weight is 245 g/mol. The number of hydrogen-bond acceptors (Lipinski definition) is 4. The number of rotatable bonds is 3. The van der Waals surface area contributed by atoms with Gasteiger partial charge in [0.2, 0.25) is 11.8 Å². The van der Waals surface area contributed by atoms with Crippen molar-refractivity contribution in [2.24, 2.45) is 11.7 Å². The van der Waals surface area contributed by atoms with Crippen LogP contribution in [0.5, 0.6) is 0 Å². The van der Waals surface area contributed by atoms with Crippen molar-refractivity contribution >= 4 is 0 Å². The van der Waals surface area contributed by atoms with Crippen molar-refractivity contribution in [1.82, 2.24) is 10.1 Å². The van der Waals surface area contributed by atoms with Crippen molar-refractivity contribution in [2.45, 2.75) is 51.0 Å².